The van der Waals surface area contributed by atoms with E-state index in [2.05, 4.69) is 0 Å². The third kappa shape index (κ3) is 4.27. The number of hydrogen-bond donors (Lipinski definition) is 0. The molecule has 0 saturated heterocycles. The molecule has 0 aliphatic rings. The van der Waals surface area contributed by atoms with Crippen molar-refractivity contribution in [3.63, 3.8) is 0 Å². The summed E-state index contributed by atoms with van der Waals surface area (Å²) in [6.07, 6.45) is -0.185. The molecule has 0 heterocycles. The lowest BCUT2D eigenvalue weighted by Gasteiger charge is -2.15. The van der Waals surface area contributed by atoms with E-state index in [9.17, 15) is 4.79 Å². The Balaban J connectivity index is 3.02. The molecule has 0 atom stereocenters. The summed E-state index contributed by atoms with van der Waals surface area (Å²) in [5.41, 5.74) is 0.361. The van der Waals surface area contributed by atoms with Gasteiger partial charge in [-0.1, -0.05) is 11.6 Å². The number of rotatable bonds is 4. The highest BCUT2D eigenvalue weighted by Crippen LogP contribution is 2.25. The molecular formula is C13H17ClO3. The number of benzene rings is 1. The second kappa shape index (κ2) is 5.92. The Morgan fingerprint density at radius 3 is 2.35 bits per heavy atom. The molecule has 4 heteroatoms. The van der Waals surface area contributed by atoms with Gasteiger partial charge in [0.15, 0.2) is 0 Å². The Bertz CT molecular complexity index is 400. The average Bonchev–Trinajstić information content (AvgIpc) is 2.19. The lowest BCUT2D eigenvalue weighted by atomic mass is 10.2. The summed E-state index contributed by atoms with van der Waals surface area (Å²) in [6.45, 7) is 7.38. The zero-order valence-electron chi connectivity index (χ0n) is 10.5. The molecule has 0 bridgehead atoms. The minimum absolute atomic E-state index is 0.0122. The van der Waals surface area contributed by atoms with Crippen molar-refractivity contribution in [2.75, 3.05) is 0 Å². The molecule has 17 heavy (non-hydrogen) atoms. The minimum atomic E-state index is -0.418. The molecule has 0 amide bonds. The van der Waals surface area contributed by atoms with Gasteiger partial charge in [-0.3, -0.25) is 0 Å². The van der Waals surface area contributed by atoms with Crippen LogP contribution in [0.15, 0.2) is 18.2 Å². The Morgan fingerprint density at radius 2 is 1.82 bits per heavy atom. The van der Waals surface area contributed by atoms with E-state index in [0.29, 0.717) is 16.3 Å². The van der Waals surface area contributed by atoms with Crippen LogP contribution in [0.4, 0.5) is 0 Å². The summed E-state index contributed by atoms with van der Waals surface area (Å²) >= 11 is 5.87. The number of carbonyl (C=O) groups is 1. The van der Waals surface area contributed by atoms with Gasteiger partial charge in [-0.05, 0) is 45.9 Å². The highest BCUT2D eigenvalue weighted by atomic mass is 35.5. The monoisotopic (exact) mass is 256 g/mol. The van der Waals surface area contributed by atoms with E-state index >= 15 is 0 Å². The number of carbonyl (C=O) groups excluding carboxylic acids is 1. The van der Waals surface area contributed by atoms with Gasteiger partial charge in [-0.25, -0.2) is 4.79 Å². The van der Waals surface area contributed by atoms with Crippen molar-refractivity contribution in [2.45, 2.75) is 39.9 Å². The van der Waals surface area contributed by atoms with Crippen LogP contribution < -0.4 is 4.74 Å². The van der Waals surface area contributed by atoms with Crippen LogP contribution in [0.5, 0.6) is 5.75 Å². The summed E-state index contributed by atoms with van der Waals surface area (Å²) in [5.74, 6) is 0.0770. The van der Waals surface area contributed by atoms with E-state index in [1.165, 1.54) is 0 Å². The number of hydrogen-bond acceptors (Lipinski definition) is 3. The van der Waals surface area contributed by atoms with Crippen molar-refractivity contribution in [3.05, 3.63) is 28.8 Å². The molecule has 0 radical (unpaired) electrons. The highest BCUT2D eigenvalue weighted by molar-refractivity contribution is 6.31. The van der Waals surface area contributed by atoms with Crippen molar-refractivity contribution in [2.24, 2.45) is 0 Å². The van der Waals surface area contributed by atoms with Gasteiger partial charge in [0.2, 0.25) is 0 Å². The molecule has 3 nitrogen and oxygen atoms in total. The predicted molar refractivity (Wildman–Crippen MR) is 67.8 cm³/mol. The molecule has 0 unspecified atom stereocenters. The normalized spacial score (nSPS) is 10.8. The average molecular weight is 257 g/mol. The molecule has 1 aromatic carbocycles. The molecule has 1 aromatic rings. The molecule has 0 spiro atoms. The van der Waals surface area contributed by atoms with E-state index < -0.39 is 5.97 Å². The summed E-state index contributed by atoms with van der Waals surface area (Å²) in [4.78, 5) is 11.8. The fourth-order valence-corrected chi connectivity index (χ4v) is 1.47. The van der Waals surface area contributed by atoms with Gasteiger partial charge in [0.05, 0.1) is 12.2 Å². The van der Waals surface area contributed by atoms with E-state index in [0.717, 1.165) is 0 Å². The zero-order chi connectivity index (χ0) is 13.0. The first kappa shape index (κ1) is 13.8. The fraction of sp³-hybridized carbons (Fsp3) is 0.462. The SMILES string of the molecule is CC(C)OC(=O)c1cc(Cl)ccc1OC(C)C. The van der Waals surface area contributed by atoms with Crippen LogP contribution in [-0.4, -0.2) is 18.2 Å². The van der Waals surface area contributed by atoms with Gasteiger partial charge < -0.3 is 9.47 Å². The molecule has 0 aliphatic heterocycles. The maximum absolute atomic E-state index is 11.8. The quantitative estimate of drug-likeness (QED) is 0.771. The number of esters is 1. The molecule has 0 aromatic heterocycles. The van der Waals surface area contributed by atoms with Gasteiger partial charge in [0.1, 0.15) is 11.3 Å². The Labute approximate surface area is 107 Å². The maximum Gasteiger partial charge on any atom is 0.342 e. The van der Waals surface area contributed by atoms with E-state index in [1.54, 1.807) is 32.0 Å². The lowest BCUT2D eigenvalue weighted by Crippen LogP contribution is -2.15. The molecule has 1 rings (SSSR count). The molecule has 0 fully saturated rings. The summed E-state index contributed by atoms with van der Waals surface area (Å²) in [6, 6.07) is 4.93. The third-order valence-corrected chi connectivity index (χ3v) is 2.10. The van der Waals surface area contributed by atoms with Crippen molar-refractivity contribution in [1.82, 2.24) is 0 Å². The van der Waals surface area contributed by atoms with Gasteiger partial charge in [0.25, 0.3) is 0 Å². The number of ether oxygens (including phenoxy) is 2. The van der Waals surface area contributed by atoms with Crippen LogP contribution >= 0.6 is 11.6 Å². The molecule has 0 aliphatic carbocycles. The molecule has 94 valence electrons. The standard InChI is InChI=1S/C13H17ClO3/c1-8(2)16-12-6-5-10(14)7-11(12)13(15)17-9(3)4/h5-9H,1-4H3. The van der Waals surface area contributed by atoms with Crippen molar-refractivity contribution in [3.8, 4) is 5.75 Å². The number of halogens is 1. The topological polar surface area (TPSA) is 35.5 Å². The summed E-state index contributed by atoms with van der Waals surface area (Å²) < 4.78 is 10.7. The first-order valence-electron chi connectivity index (χ1n) is 5.57. The van der Waals surface area contributed by atoms with Gasteiger partial charge >= 0.3 is 5.97 Å². The van der Waals surface area contributed by atoms with Gasteiger partial charge in [-0.2, -0.15) is 0 Å². The van der Waals surface area contributed by atoms with Crippen LogP contribution in [0.1, 0.15) is 38.1 Å². The molecule has 0 N–H and O–H groups in total. The van der Waals surface area contributed by atoms with Crippen LogP contribution in [0, 0.1) is 0 Å². The summed E-state index contributed by atoms with van der Waals surface area (Å²) in [5, 5.41) is 0.483. The van der Waals surface area contributed by atoms with Crippen molar-refractivity contribution >= 4 is 17.6 Å². The second-order valence-electron chi connectivity index (χ2n) is 4.26. The van der Waals surface area contributed by atoms with Crippen LogP contribution in [0.2, 0.25) is 5.02 Å². The van der Waals surface area contributed by atoms with E-state index in [1.807, 2.05) is 13.8 Å². The first-order valence-corrected chi connectivity index (χ1v) is 5.95. The Morgan fingerprint density at radius 1 is 1.18 bits per heavy atom. The zero-order valence-corrected chi connectivity index (χ0v) is 11.2. The third-order valence-electron chi connectivity index (χ3n) is 1.87. The lowest BCUT2D eigenvalue weighted by molar-refractivity contribution is 0.0372. The van der Waals surface area contributed by atoms with Crippen molar-refractivity contribution < 1.29 is 14.3 Å². The van der Waals surface area contributed by atoms with Crippen molar-refractivity contribution in [1.29, 1.82) is 0 Å². The van der Waals surface area contributed by atoms with Crippen LogP contribution in [-0.2, 0) is 4.74 Å². The van der Waals surface area contributed by atoms with E-state index in [-0.39, 0.29) is 12.2 Å². The Kier molecular flexibility index (Phi) is 4.82. The van der Waals surface area contributed by atoms with Gasteiger partial charge in [-0.15, -0.1) is 0 Å². The Hall–Kier alpha value is -1.22. The summed E-state index contributed by atoms with van der Waals surface area (Å²) in [7, 11) is 0. The highest BCUT2D eigenvalue weighted by Gasteiger charge is 2.16. The largest absolute Gasteiger partial charge is 0.490 e. The van der Waals surface area contributed by atoms with Gasteiger partial charge in [0, 0.05) is 5.02 Å². The molecule has 0 saturated carbocycles. The predicted octanol–water partition coefficient (Wildman–Crippen LogP) is 3.69. The van der Waals surface area contributed by atoms with Crippen LogP contribution in [0.25, 0.3) is 0 Å². The second-order valence-corrected chi connectivity index (χ2v) is 4.70. The first-order chi connectivity index (χ1) is 7.90. The maximum atomic E-state index is 11.8. The fourth-order valence-electron chi connectivity index (χ4n) is 1.30. The van der Waals surface area contributed by atoms with Crippen LogP contribution in [0.3, 0.4) is 0 Å². The minimum Gasteiger partial charge on any atom is -0.490 e. The smallest absolute Gasteiger partial charge is 0.342 e. The molecular weight excluding hydrogens is 240 g/mol. The van der Waals surface area contributed by atoms with E-state index in [4.69, 9.17) is 21.1 Å².